The number of rotatable bonds is 7. The van der Waals surface area contributed by atoms with Gasteiger partial charge in [0.05, 0.1) is 5.92 Å². The highest BCUT2D eigenvalue weighted by Crippen LogP contribution is 2.04. The Morgan fingerprint density at radius 3 is 2.11 bits per heavy atom. The van der Waals surface area contributed by atoms with Gasteiger partial charge < -0.3 is 21.1 Å². The molecule has 0 aromatic carbocycles. The number of urea groups is 1. The maximum Gasteiger partial charge on any atom is 0.318 e. The molecule has 2 atom stereocenters. The lowest BCUT2D eigenvalue weighted by atomic mass is 10.0. The maximum atomic E-state index is 12.0. The fourth-order valence-corrected chi connectivity index (χ4v) is 1.55. The molecule has 0 aliphatic carbocycles. The summed E-state index contributed by atoms with van der Waals surface area (Å²) in [6, 6.07) is -1.24. The minimum Gasteiger partial charge on any atom is -0.481 e. The average molecular weight is 273 g/mol. The molecular weight excluding hydrogens is 250 g/mol. The van der Waals surface area contributed by atoms with E-state index in [-0.39, 0.29) is 12.5 Å². The van der Waals surface area contributed by atoms with Crippen molar-refractivity contribution in [3.05, 3.63) is 0 Å². The molecule has 0 heterocycles. The third kappa shape index (κ3) is 5.58. The number of nitrogens with two attached hydrogens (primary N) is 1. The summed E-state index contributed by atoms with van der Waals surface area (Å²) in [6.07, 6.45) is 0. The second kappa shape index (κ2) is 7.60. The molecule has 0 aromatic rings. The van der Waals surface area contributed by atoms with Crippen molar-refractivity contribution in [3.8, 4) is 0 Å². The van der Waals surface area contributed by atoms with Gasteiger partial charge in [-0.05, 0) is 12.8 Å². The van der Waals surface area contributed by atoms with Gasteiger partial charge in [-0.25, -0.2) is 4.79 Å². The number of hydrogen-bond donors (Lipinski definition) is 3. The van der Waals surface area contributed by atoms with Gasteiger partial charge in [0.1, 0.15) is 6.04 Å². The van der Waals surface area contributed by atoms with Crippen LogP contribution in [0.25, 0.3) is 0 Å². The topological polar surface area (TPSA) is 113 Å². The summed E-state index contributed by atoms with van der Waals surface area (Å²) in [5.74, 6) is -2.37. The van der Waals surface area contributed by atoms with Gasteiger partial charge in [-0.1, -0.05) is 20.8 Å². The van der Waals surface area contributed by atoms with Gasteiger partial charge in [-0.15, -0.1) is 0 Å². The molecule has 0 aliphatic rings. The lowest BCUT2D eigenvalue weighted by Gasteiger charge is -2.27. The normalized spacial score (nSPS) is 13.7. The van der Waals surface area contributed by atoms with Crippen molar-refractivity contribution in [2.75, 3.05) is 13.1 Å². The summed E-state index contributed by atoms with van der Waals surface area (Å²) in [5, 5.41) is 11.4. The molecule has 7 heteroatoms. The van der Waals surface area contributed by atoms with Crippen molar-refractivity contribution in [1.82, 2.24) is 10.2 Å². The van der Waals surface area contributed by atoms with E-state index < -0.39 is 29.9 Å². The van der Waals surface area contributed by atoms with Crippen molar-refractivity contribution < 1.29 is 19.5 Å². The van der Waals surface area contributed by atoms with E-state index >= 15 is 0 Å². The number of primary amides is 1. The molecule has 0 saturated carbocycles. The lowest BCUT2D eigenvalue weighted by molar-refractivity contribution is -0.141. The second-order valence-corrected chi connectivity index (χ2v) is 4.85. The van der Waals surface area contributed by atoms with Crippen molar-refractivity contribution in [2.45, 2.75) is 33.7 Å². The molecule has 4 N–H and O–H groups in total. The summed E-state index contributed by atoms with van der Waals surface area (Å²) >= 11 is 0. The van der Waals surface area contributed by atoms with Crippen LogP contribution in [0.3, 0.4) is 0 Å². The van der Waals surface area contributed by atoms with Gasteiger partial charge in [0.25, 0.3) is 0 Å². The monoisotopic (exact) mass is 273 g/mol. The number of carboxylic acid groups (broad SMARTS) is 1. The fourth-order valence-electron chi connectivity index (χ4n) is 1.55. The first-order valence-corrected chi connectivity index (χ1v) is 6.28. The van der Waals surface area contributed by atoms with E-state index in [9.17, 15) is 14.4 Å². The predicted molar refractivity (Wildman–Crippen MR) is 70.4 cm³/mol. The van der Waals surface area contributed by atoms with E-state index in [0.29, 0.717) is 6.54 Å². The maximum absolute atomic E-state index is 12.0. The van der Waals surface area contributed by atoms with Gasteiger partial charge in [-0.2, -0.15) is 0 Å². The van der Waals surface area contributed by atoms with Crippen LogP contribution in [0.2, 0.25) is 0 Å². The highest BCUT2D eigenvalue weighted by molar-refractivity contribution is 5.86. The average Bonchev–Trinajstić information content (AvgIpc) is 2.31. The lowest BCUT2D eigenvalue weighted by Crippen LogP contribution is -2.53. The molecule has 0 aliphatic heterocycles. The van der Waals surface area contributed by atoms with Crippen LogP contribution in [-0.4, -0.2) is 47.0 Å². The number of hydrogen-bond acceptors (Lipinski definition) is 3. The van der Waals surface area contributed by atoms with Crippen LogP contribution >= 0.6 is 0 Å². The van der Waals surface area contributed by atoms with Crippen LogP contribution < -0.4 is 11.1 Å². The third-order valence-electron chi connectivity index (χ3n) is 2.84. The zero-order chi connectivity index (χ0) is 15.2. The Balaban J connectivity index is 4.67. The Kier molecular flexibility index (Phi) is 6.89. The molecule has 0 radical (unpaired) electrons. The number of nitrogens with one attached hydrogen (secondary N) is 1. The standard InChI is InChI=1S/C12H23N3O4/c1-5-15(6-8(4)11(17)18)12(19)14-9(7(2)3)10(13)16/h7-9H,5-6H2,1-4H3,(H2,13,16)(H,14,19)(H,17,18). The van der Waals surface area contributed by atoms with Crippen molar-refractivity contribution in [2.24, 2.45) is 17.6 Å². The van der Waals surface area contributed by atoms with Crippen LogP contribution in [0.5, 0.6) is 0 Å². The molecular formula is C12H23N3O4. The molecule has 0 fully saturated rings. The second-order valence-electron chi connectivity index (χ2n) is 4.85. The molecule has 3 amide bonds. The zero-order valence-corrected chi connectivity index (χ0v) is 11.8. The summed E-state index contributed by atoms with van der Waals surface area (Å²) in [4.78, 5) is 35.3. The van der Waals surface area contributed by atoms with Gasteiger partial charge in [0.15, 0.2) is 0 Å². The molecule has 0 saturated heterocycles. The van der Waals surface area contributed by atoms with Crippen molar-refractivity contribution in [3.63, 3.8) is 0 Å². The summed E-state index contributed by atoms with van der Waals surface area (Å²) in [6.45, 7) is 7.24. The minimum atomic E-state index is -0.971. The molecule has 110 valence electrons. The highest BCUT2D eigenvalue weighted by atomic mass is 16.4. The minimum absolute atomic E-state index is 0.0846. The Hall–Kier alpha value is -1.79. The van der Waals surface area contributed by atoms with E-state index in [1.807, 2.05) is 0 Å². The van der Waals surface area contributed by atoms with Crippen molar-refractivity contribution in [1.29, 1.82) is 0 Å². The van der Waals surface area contributed by atoms with Gasteiger partial charge in [0.2, 0.25) is 5.91 Å². The Morgan fingerprint density at radius 1 is 1.26 bits per heavy atom. The molecule has 0 bridgehead atoms. The molecule has 0 aromatic heterocycles. The number of carboxylic acids is 1. The largest absolute Gasteiger partial charge is 0.481 e. The van der Waals surface area contributed by atoms with E-state index in [1.165, 1.54) is 11.8 Å². The zero-order valence-electron chi connectivity index (χ0n) is 11.8. The quantitative estimate of drug-likeness (QED) is 0.617. The van der Waals surface area contributed by atoms with Crippen LogP contribution in [0.15, 0.2) is 0 Å². The molecule has 0 rings (SSSR count). The number of nitrogens with zero attached hydrogens (tertiary/aromatic N) is 1. The summed E-state index contributed by atoms with van der Waals surface area (Å²) in [7, 11) is 0. The number of carbonyl (C=O) groups excluding carboxylic acids is 2. The summed E-state index contributed by atoms with van der Waals surface area (Å²) in [5.41, 5.74) is 5.21. The van der Waals surface area contributed by atoms with Gasteiger partial charge in [0, 0.05) is 13.1 Å². The number of amides is 3. The van der Waals surface area contributed by atoms with Crippen LogP contribution in [0.1, 0.15) is 27.7 Å². The number of aliphatic carboxylic acids is 1. The van der Waals surface area contributed by atoms with Crippen LogP contribution in [0.4, 0.5) is 4.79 Å². The predicted octanol–water partition coefficient (Wildman–Crippen LogP) is 0.249. The Bertz CT molecular complexity index is 344. The Labute approximate surface area is 113 Å². The summed E-state index contributed by atoms with van der Waals surface area (Å²) < 4.78 is 0. The Morgan fingerprint density at radius 2 is 1.79 bits per heavy atom. The third-order valence-corrected chi connectivity index (χ3v) is 2.84. The molecule has 2 unspecified atom stereocenters. The number of carbonyl (C=O) groups is 3. The van der Waals surface area contributed by atoms with Gasteiger partial charge >= 0.3 is 12.0 Å². The van der Waals surface area contributed by atoms with E-state index in [1.54, 1.807) is 20.8 Å². The van der Waals surface area contributed by atoms with Crippen molar-refractivity contribution >= 4 is 17.9 Å². The van der Waals surface area contributed by atoms with Crippen LogP contribution in [0, 0.1) is 11.8 Å². The molecule has 19 heavy (non-hydrogen) atoms. The first kappa shape index (κ1) is 17.2. The highest BCUT2D eigenvalue weighted by Gasteiger charge is 2.25. The first-order valence-electron chi connectivity index (χ1n) is 6.28. The van der Waals surface area contributed by atoms with E-state index in [2.05, 4.69) is 5.32 Å². The molecule has 0 spiro atoms. The van der Waals surface area contributed by atoms with E-state index in [0.717, 1.165) is 0 Å². The van der Waals surface area contributed by atoms with Gasteiger partial charge in [-0.3, -0.25) is 9.59 Å². The SMILES string of the molecule is CCN(CC(C)C(=O)O)C(=O)NC(C(N)=O)C(C)C. The smallest absolute Gasteiger partial charge is 0.318 e. The van der Waals surface area contributed by atoms with Crippen LogP contribution in [-0.2, 0) is 9.59 Å². The fraction of sp³-hybridized carbons (Fsp3) is 0.750. The first-order chi connectivity index (χ1) is 8.70. The molecule has 7 nitrogen and oxygen atoms in total. The van der Waals surface area contributed by atoms with E-state index in [4.69, 9.17) is 10.8 Å².